The third kappa shape index (κ3) is 6.14. The van der Waals surface area contributed by atoms with Crippen LogP contribution in [0, 0.1) is 0 Å². The van der Waals surface area contributed by atoms with Crippen LogP contribution in [0.5, 0.6) is 0 Å². The average Bonchev–Trinajstić information content (AvgIpc) is 3.60. The first kappa shape index (κ1) is 28.0. The van der Waals surface area contributed by atoms with Crippen molar-refractivity contribution in [1.82, 2.24) is 14.5 Å². The first-order valence-electron chi connectivity index (χ1n) is 13.5. The monoisotopic (exact) mass is 572 g/mol. The summed E-state index contributed by atoms with van der Waals surface area (Å²) in [4.78, 5) is 60.6. The van der Waals surface area contributed by atoms with Gasteiger partial charge >= 0.3 is 0 Å². The lowest BCUT2D eigenvalue weighted by Gasteiger charge is -2.34. The molecule has 1 aliphatic heterocycles. The van der Waals surface area contributed by atoms with Crippen LogP contribution in [0.15, 0.2) is 60.7 Å². The Morgan fingerprint density at radius 2 is 1.71 bits per heavy atom. The summed E-state index contributed by atoms with van der Waals surface area (Å²) in [7, 11) is 1.71. The molecule has 0 radical (unpaired) electrons. The Morgan fingerprint density at radius 1 is 0.976 bits per heavy atom. The number of Topliss-reactive ketones (excluding diaryl/α,β-unsaturated/α-hetero) is 1. The lowest BCUT2D eigenvalue weighted by molar-refractivity contribution is -0.129. The second kappa shape index (κ2) is 11.9. The van der Waals surface area contributed by atoms with E-state index in [2.05, 4.69) is 4.90 Å². The third-order valence-corrected chi connectivity index (χ3v) is 8.51. The van der Waals surface area contributed by atoms with Gasteiger partial charge in [0.2, 0.25) is 11.8 Å². The van der Waals surface area contributed by atoms with Crippen molar-refractivity contribution in [2.45, 2.75) is 26.3 Å². The van der Waals surface area contributed by atoms with Gasteiger partial charge in [-0.25, -0.2) is 4.98 Å². The molecule has 2 aromatic carbocycles. The minimum absolute atomic E-state index is 0.0552. The van der Waals surface area contributed by atoms with Gasteiger partial charge in [-0.2, -0.15) is 0 Å². The molecule has 41 heavy (non-hydrogen) atoms. The van der Waals surface area contributed by atoms with Crippen molar-refractivity contribution in [2.75, 3.05) is 43.0 Å². The summed E-state index contributed by atoms with van der Waals surface area (Å²) in [6, 6.07) is 18.3. The van der Waals surface area contributed by atoms with E-state index in [1.54, 1.807) is 31.0 Å². The molecule has 1 aliphatic rings. The molecule has 0 bridgehead atoms. The molecule has 0 atom stereocenters. The standard InChI is InChI=1S/C30H32N6O4S/c1-20(37)34-14-16-35(17-15-34)29-11-10-26(41-29)25(38)19-28-32-23-18-22(8-9-24(23)36(28)13-12-27(31)39)33(2)30(40)21-6-4-3-5-7-21/h3-11,18H,12-17,19H2,1-2H3,(H2,31,39). The number of nitrogens with two attached hydrogens (primary N) is 1. The number of rotatable bonds is 9. The number of hydrogen-bond acceptors (Lipinski definition) is 7. The molecule has 212 valence electrons. The van der Waals surface area contributed by atoms with Gasteiger partial charge in [-0.05, 0) is 42.5 Å². The SMILES string of the molecule is CC(=O)N1CCN(c2ccc(C(=O)Cc3nc4cc(N(C)C(=O)c5ccccc5)ccc4n3CCC(N)=O)s2)CC1. The molecule has 11 heteroatoms. The van der Waals surface area contributed by atoms with Gasteiger partial charge in [-0.1, -0.05) is 18.2 Å². The number of hydrogen-bond donors (Lipinski definition) is 1. The minimum atomic E-state index is -0.443. The summed E-state index contributed by atoms with van der Waals surface area (Å²) in [5.74, 6) is -0.0554. The number of aryl methyl sites for hydroxylation is 1. The fourth-order valence-electron chi connectivity index (χ4n) is 4.99. The number of anilines is 2. The van der Waals surface area contributed by atoms with Crippen LogP contribution < -0.4 is 15.5 Å². The quantitative estimate of drug-likeness (QED) is 0.307. The Bertz CT molecular complexity index is 1600. The van der Waals surface area contributed by atoms with Gasteiger partial charge < -0.3 is 25.0 Å². The number of piperazine rings is 1. The molecule has 1 fully saturated rings. The third-order valence-electron chi connectivity index (χ3n) is 7.33. The van der Waals surface area contributed by atoms with Crippen LogP contribution in [0.2, 0.25) is 0 Å². The number of benzene rings is 2. The summed E-state index contributed by atoms with van der Waals surface area (Å²) in [6.07, 6.45) is 0.163. The van der Waals surface area contributed by atoms with Gasteiger partial charge in [0.25, 0.3) is 5.91 Å². The van der Waals surface area contributed by atoms with E-state index in [-0.39, 0.29) is 30.4 Å². The molecule has 10 nitrogen and oxygen atoms in total. The zero-order valence-electron chi connectivity index (χ0n) is 23.1. The Hall–Kier alpha value is -4.51. The summed E-state index contributed by atoms with van der Waals surface area (Å²) in [5, 5.41) is 0.995. The molecule has 3 heterocycles. The highest BCUT2D eigenvalue weighted by atomic mass is 32.1. The zero-order chi connectivity index (χ0) is 29.1. The molecule has 0 spiro atoms. The van der Waals surface area contributed by atoms with E-state index in [0.717, 1.165) is 23.6 Å². The van der Waals surface area contributed by atoms with Crippen LogP contribution in [-0.2, 0) is 22.6 Å². The van der Waals surface area contributed by atoms with E-state index in [1.165, 1.54) is 11.3 Å². The number of imidazole rings is 1. The van der Waals surface area contributed by atoms with Gasteiger partial charge in [0.05, 0.1) is 27.3 Å². The number of carbonyl (C=O) groups is 4. The lowest BCUT2D eigenvalue weighted by Crippen LogP contribution is -2.47. The molecule has 5 rings (SSSR count). The highest BCUT2D eigenvalue weighted by Gasteiger charge is 2.23. The van der Waals surface area contributed by atoms with Gasteiger partial charge in [0.1, 0.15) is 5.82 Å². The van der Waals surface area contributed by atoms with Crippen LogP contribution in [0.3, 0.4) is 0 Å². The van der Waals surface area contributed by atoms with Gasteiger partial charge in [-0.3, -0.25) is 19.2 Å². The molecule has 0 saturated carbocycles. The number of fused-ring (bicyclic) bond motifs is 1. The molecule has 4 aromatic rings. The maximum absolute atomic E-state index is 13.4. The average molecular weight is 573 g/mol. The maximum atomic E-state index is 13.4. The van der Waals surface area contributed by atoms with Crippen molar-refractivity contribution >= 4 is 56.6 Å². The number of primary amides is 1. The highest BCUT2D eigenvalue weighted by molar-refractivity contribution is 7.18. The van der Waals surface area contributed by atoms with Crippen molar-refractivity contribution in [3.63, 3.8) is 0 Å². The van der Waals surface area contributed by atoms with E-state index < -0.39 is 5.91 Å². The summed E-state index contributed by atoms with van der Waals surface area (Å²) < 4.78 is 1.86. The van der Waals surface area contributed by atoms with Crippen LogP contribution >= 0.6 is 11.3 Å². The van der Waals surface area contributed by atoms with Crippen LogP contribution in [0.25, 0.3) is 11.0 Å². The number of thiophene rings is 1. The number of nitrogens with zero attached hydrogens (tertiary/aromatic N) is 5. The summed E-state index contributed by atoms with van der Waals surface area (Å²) >= 11 is 1.43. The fraction of sp³-hybridized carbons (Fsp3) is 0.300. The smallest absolute Gasteiger partial charge is 0.258 e. The molecule has 3 amide bonds. The Balaban J connectivity index is 1.37. The van der Waals surface area contributed by atoms with E-state index in [9.17, 15) is 19.2 Å². The molecule has 2 aromatic heterocycles. The number of ketones is 1. The molecule has 1 saturated heterocycles. The van der Waals surface area contributed by atoms with Crippen molar-refractivity contribution in [3.8, 4) is 0 Å². The predicted molar refractivity (Wildman–Crippen MR) is 160 cm³/mol. The first-order chi connectivity index (χ1) is 19.7. The normalized spacial score (nSPS) is 13.4. The van der Waals surface area contributed by atoms with E-state index in [0.29, 0.717) is 47.1 Å². The molecule has 0 aliphatic carbocycles. The van der Waals surface area contributed by atoms with Gasteiger partial charge in [0, 0.05) is 64.4 Å². The Labute approximate surface area is 242 Å². The lowest BCUT2D eigenvalue weighted by atomic mass is 10.2. The van der Waals surface area contributed by atoms with Gasteiger partial charge in [0.15, 0.2) is 5.78 Å². The number of carbonyl (C=O) groups excluding carboxylic acids is 4. The first-order valence-corrected chi connectivity index (χ1v) is 14.3. The largest absolute Gasteiger partial charge is 0.370 e. The summed E-state index contributed by atoms with van der Waals surface area (Å²) in [6.45, 7) is 4.64. The van der Waals surface area contributed by atoms with Crippen molar-refractivity contribution in [3.05, 3.63) is 76.9 Å². The molecular formula is C30H32N6O4S. The highest BCUT2D eigenvalue weighted by Crippen LogP contribution is 2.29. The van der Waals surface area contributed by atoms with Crippen molar-refractivity contribution in [2.24, 2.45) is 5.73 Å². The van der Waals surface area contributed by atoms with Crippen LogP contribution in [0.4, 0.5) is 10.7 Å². The summed E-state index contributed by atoms with van der Waals surface area (Å²) in [5.41, 5.74) is 8.06. The fourth-order valence-corrected chi connectivity index (χ4v) is 5.99. The second-order valence-corrected chi connectivity index (χ2v) is 11.1. The van der Waals surface area contributed by atoms with Crippen LogP contribution in [0.1, 0.15) is 39.2 Å². The van der Waals surface area contributed by atoms with E-state index >= 15 is 0 Å². The van der Waals surface area contributed by atoms with E-state index in [1.807, 2.05) is 58.0 Å². The topological polar surface area (TPSA) is 122 Å². The zero-order valence-corrected chi connectivity index (χ0v) is 23.9. The Morgan fingerprint density at radius 3 is 2.39 bits per heavy atom. The number of amides is 3. The van der Waals surface area contributed by atoms with Crippen molar-refractivity contribution in [1.29, 1.82) is 0 Å². The maximum Gasteiger partial charge on any atom is 0.258 e. The number of aromatic nitrogens is 2. The van der Waals surface area contributed by atoms with Gasteiger partial charge in [-0.15, -0.1) is 11.3 Å². The van der Waals surface area contributed by atoms with Crippen LogP contribution in [-0.4, -0.2) is 71.2 Å². The van der Waals surface area contributed by atoms with E-state index in [4.69, 9.17) is 10.7 Å². The molecular weight excluding hydrogens is 540 g/mol. The molecule has 0 unspecified atom stereocenters. The Kier molecular flexibility index (Phi) is 8.16. The van der Waals surface area contributed by atoms with Crippen molar-refractivity contribution < 1.29 is 19.2 Å². The minimum Gasteiger partial charge on any atom is -0.370 e. The molecule has 2 N–H and O–H groups in total. The predicted octanol–water partition coefficient (Wildman–Crippen LogP) is 3.34. The second-order valence-electron chi connectivity index (χ2n) is 10.0.